The molecule has 0 radical (unpaired) electrons. The summed E-state index contributed by atoms with van der Waals surface area (Å²) in [7, 11) is -3.51. The second-order valence-electron chi connectivity index (χ2n) is 3.77. The lowest BCUT2D eigenvalue weighted by molar-refractivity contribution is -0.0127. The molecule has 0 aliphatic carbocycles. The van der Waals surface area contributed by atoms with Crippen molar-refractivity contribution >= 4 is 9.84 Å². The van der Waals surface area contributed by atoms with Gasteiger partial charge in [-0.1, -0.05) is 11.6 Å². The highest BCUT2D eigenvalue weighted by molar-refractivity contribution is 7.91. The number of benzene rings is 1. The molecule has 5 heteroatoms. The number of fused-ring (bicyclic) bond motifs is 1. The van der Waals surface area contributed by atoms with Gasteiger partial charge in [-0.2, -0.15) is 0 Å². The van der Waals surface area contributed by atoms with Crippen LogP contribution in [0, 0.1) is 6.92 Å². The van der Waals surface area contributed by atoms with Crippen LogP contribution in [0.15, 0.2) is 23.1 Å². The van der Waals surface area contributed by atoms with E-state index in [1.54, 1.807) is 6.92 Å². The molecule has 0 aromatic heterocycles. The van der Waals surface area contributed by atoms with Gasteiger partial charge in [0.05, 0.1) is 10.6 Å². The zero-order valence-electron chi connectivity index (χ0n) is 8.13. The van der Waals surface area contributed by atoms with Crippen LogP contribution in [0.2, 0.25) is 0 Å². The van der Waals surface area contributed by atoms with Gasteiger partial charge in [0.15, 0.2) is 9.84 Å². The molecular formula is C10H10F2O2S. The van der Waals surface area contributed by atoms with E-state index in [4.69, 9.17) is 0 Å². The van der Waals surface area contributed by atoms with E-state index >= 15 is 0 Å². The summed E-state index contributed by atoms with van der Waals surface area (Å²) in [4.78, 5) is -0.218. The molecule has 1 aliphatic rings. The maximum Gasteiger partial charge on any atom is 0.275 e. The first-order chi connectivity index (χ1) is 6.83. The summed E-state index contributed by atoms with van der Waals surface area (Å²) >= 11 is 0. The van der Waals surface area contributed by atoms with Gasteiger partial charge in [0, 0.05) is 12.0 Å². The van der Waals surface area contributed by atoms with E-state index in [-0.39, 0.29) is 10.5 Å². The lowest BCUT2D eigenvalue weighted by atomic mass is 10.0. The number of alkyl halides is 2. The number of aryl methyl sites for hydroxylation is 1. The van der Waals surface area contributed by atoms with E-state index in [9.17, 15) is 17.2 Å². The molecule has 82 valence electrons. The molecule has 1 aromatic rings. The summed E-state index contributed by atoms with van der Waals surface area (Å²) in [6.45, 7) is 1.66. The second kappa shape index (κ2) is 3.01. The van der Waals surface area contributed by atoms with Crippen molar-refractivity contribution in [1.29, 1.82) is 0 Å². The Kier molecular flexibility index (Phi) is 2.12. The Morgan fingerprint density at radius 1 is 1.33 bits per heavy atom. The highest BCUT2D eigenvalue weighted by Crippen LogP contribution is 2.41. The van der Waals surface area contributed by atoms with Crippen molar-refractivity contribution in [1.82, 2.24) is 0 Å². The van der Waals surface area contributed by atoms with Gasteiger partial charge in [0.2, 0.25) is 0 Å². The Bertz CT molecular complexity index is 506. The third kappa shape index (κ3) is 1.65. The molecule has 0 amide bonds. The quantitative estimate of drug-likeness (QED) is 0.687. The number of halogens is 2. The average molecular weight is 232 g/mol. The maximum atomic E-state index is 13.5. The van der Waals surface area contributed by atoms with Crippen LogP contribution >= 0.6 is 0 Å². The fourth-order valence-corrected chi connectivity index (χ4v) is 3.27. The zero-order chi connectivity index (χ0) is 11.3. The van der Waals surface area contributed by atoms with Gasteiger partial charge >= 0.3 is 0 Å². The normalized spacial score (nSPS) is 22.1. The van der Waals surface area contributed by atoms with Crippen LogP contribution in [-0.2, 0) is 15.8 Å². The van der Waals surface area contributed by atoms with Gasteiger partial charge < -0.3 is 0 Å². The molecule has 0 N–H and O–H groups in total. The van der Waals surface area contributed by atoms with Gasteiger partial charge in [-0.05, 0) is 19.1 Å². The van der Waals surface area contributed by atoms with Crippen molar-refractivity contribution in [3.63, 3.8) is 0 Å². The molecule has 0 unspecified atom stereocenters. The fraction of sp³-hybridized carbons (Fsp3) is 0.400. The van der Waals surface area contributed by atoms with E-state index in [0.29, 0.717) is 5.56 Å². The van der Waals surface area contributed by atoms with E-state index in [1.165, 1.54) is 18.2 Å². The van der Waals surface area contributed by atoms with Crippen molar-refractivity contribution in [2.45, 2.75) is 24.2 Å². The van der Waals surface area contributed by atoms with Gasteiger partial charge in [-0.3, -0.25) is 0 Å². The molecule has 1 aromatic carbocycles. The molecule has 2 nitrogen and oxygen atoms in total. The van der Waals surface area contributed by atoms with Crippen LogP contribution in [-0.4, -0.2) is 14.2 Å². The maximum absolute atomic E-state index is 13.5. The summed E-state index contributed by atoms with van der Waals surface area (Å²) in [5, 5.41) is 0. The van der Waals surface area contributed by atoms with Crippen molar-refractivity contribution in [2.24, 2.45) is 0 Å². The molecular weight excluding hydrogens is 222 g/mol. The van der Waals surface area contributed by atoms with Crippen molar-refractivity contribution < 1.29 is 17.2 Å². The van der Waals surface area contributed by atoms with Crippen LogP contribution in [0.1, 0.15) is 17.5 Å². The van der Waals surface area contributed by atoms with Gasteiger partial charge in [-0.25, -0.2) is 17.2 Å². The lowest BCUT2D eigenvalue weighted by Crippen LogP contribution is -2.28. The minimum absolute atomic E-state index is 0.218. The minimum atomic E-state index is -3.51. The Morgan fingerprint density at radius 3 is 2.67 bits per heavy atom. The molecule has 0 saturated carbocycles. The van der Waals surface area contributed by atoms with Crippen molar-refractivity contribution in [2.75, 3.05) is 5.75 Å². The summed E-state index contributed by atoms with van der Waals surface area (Å²) in [6.07, 6.45) is -0.619. The van der Waals surface area contributed by atoms with Crippen LogP contribution < -0.4 is 0 Å². The third-order valence-corrected chi connectivity index (χ3v) is 4.32. The lowest BCUT2D eigenvalue weighted by Gasteiger charge is -2.25. The Morgan fingerprint density at radius 2 is 2.00 bits per heavy atom. The van der Waals surface area contributed by atoms with Crippen molar-refractivity contribution in [3.8, 4) is 0 Å². The smallest absolute Gasteiger partial charge is 0.224 e. The molecule has 0 spiro atoms. The van der Waals surface area contributed by atoms with Crippen LogP contribution in [0.25, 0.3) is 0 Å². The largest absolute Gasteiger partial charge is 0.275 e. The first-order valence-electron chi connectivity index (χ1n) is 4.55. The summed E-state index contributed by atoms with van der Waals surface area (Å²) in [6, 6.07) is 4.07. The summed E-state index contributed by atoms with van der Waals surface area (Å²) in [5.41, 5.74) is 0.291. The number of rotatable bonds is 0. The van der Waals surface area contributed by atoms with Crippen LogP contribution in [0.3, 0.4) is 0 Å². The highest BCUT2D eigenvalue weighted by atomic mass is 32.2. The molecule has 0 atom stereocenters. The molecule has 1 heterocycles. The number of sulfone groups is 1. The van der Waals surface area contributed by atoms with Crippen molar-refractivity contribution in [3.05, 3.63) is 29.3 Å². The first-order valence-corrected chi connectivity index (χ1v) is 6.20. The average Bonchev–Trinajstić information content (AvgIpc) is 2.13. The predicted octanol–water partition coefficient (Wildman–Crippen LogP) is 2.26. The molecule has 1 aliphatic heterocycles. The molecule has 0 bridgehead atoms. The van der Waals surface area contributed by atoms with E-state index < -0.39 is 27.9 Å². The first kappa shape index (κ1) is 10.5. The number of hydrogen-bond acceptors (Lipinski definition) is 2. The molecule has 2 rings (SSSR count). The molecule has 0 saturated heterocycles. The Labute approximate surface area is 86.8 Å². The fourth-order valence-electron chi connectivity index (χ4n) is 1.71. The third-order valence-electron chi connectivity index (χ3n) is 2.55. The Balaban J connectivity index is 2.76. The molecule has 0 fully saturated rings. The minimum Gasteiger partial charge on any atom is -0.224 e. The van der Waals surface area contributed by atoms with Crippen LogP contribution in [0.4, 0.5) is 8.78 Å². The zero-order valence-corrected chi connectivity index (χ0v) is 8.94. The standard InChI is InChI=1S/C10H10F2O2S/c1-7-2-3-9-8(6-7)10(11,12)4-5-15(9,13)14/h2-3,6H,4-5H2,1H3. The predicted molar refractivity (Wildman–Crippen MR) is 51.7 cm³/mol. The summed E-state index contributed by atoms with van der Waals surface area (Å²) in [5.74, 6) is -3.50. The van der Waals surface area contributed by atoms with Crippen LogP contribution in [0.5, 0.6) is 0 Å². The highest BCUT2D eigenvalue weighted by Gasteiger charge is 2.42. The molecule has 15 heavy (non-hydrogen) atoms. The monoisotopic (exact) mass is 232 g/mol. The van der Waals surface area contributed by atoms with Gasteiger partial charge in [-0.15, -0.1) is 0 Å². The Hall–Kier alpha value is -0.970. The second-order valence-corrected chi connectivity index (χ2v) is 5.85. The summed E-state index contributed by atoms with van der Waals surface area (Å²) < 4.78 is 50.0. The van der Waals surface area contributed by atoms with Gasteiger partial charge in [0.25, 0.3) is 5.92 Å². The topological polar surface area (TPSA) is 34.1 Å². The van der Waals surface area contributed by atoms with E-state index in [2.05, 4.69) is 0 Å². The van der Waals surface area contributed by atoms with Gasteiger partial charge in [0.1, 0.15) is 0 Å². The van der Waals surface area contributed by atoms with E-state index in [0.717, 1.165) is 0 Å². The van der Waals surface area contributed by atoms with E-state index in [1.807, 2.05) is 0 Å². The number of hydrogen-bond donors (Lipinski definition) is 0. The SMILES string of the molecule is Cc1ccc2c(c1)C(F)(F)CCS2(=O)=O.